The van der Waals surface area contributed by atoms with Crippen molar-refractivity contribution in [2.75, 3.05) is 0 Å². The predicted octanol–water partition coefficient (Wildman–Crippen LogP) is 3.09. The van der Waals surface area contributed by atoms with Crippen molar-refractivity contribution in [2.24, 2.45) is 0 Å². The number of nitrogens with zero attached hydrogens (tertiary/aromatic N) is 3. The number of fused-ring (bicyclic) bond motifs is 3. The van der Waals surface area contributed by atoms with Crippen molar-refractivity contribution in [2.45, 2.75) is 25.7 Å². The molecule has 110 valence electrons. The van der Waals surface area contributed by atoms with E-state index in [1.807, 2.05) is 13.0 Å². The normalized spacial score (nSPS) is 17.7. The van der Waals surface area contributed by atoms with Crippen LogP contribution >= 0.6 is 0 Å². The van der Waals surface area contributed by atoms with Crippen LogP contribution in [0, 0.1) is 12.7 Å². The topological polar surface area (TPSA) is 47.3 Å². The minimum Gasteiger partial charge on any atom is -0.294 e. The molecule has 2 aromatic heterocycles. The zero-order valence-electron chi connectivity index (χ0n) is 12.1. The summed E-state index contributed by atoms with van der Waals surface area (Å²) >= 11 is 0. The van der Waals surface area contributed by atoms with E-state index < -0.39 is 0 Å². The highest BCUT2D eigenvalue weighted by atomic mass is 19.1. The first kappa shape index (κ1) is 13.1. The van der Waals surface area contributed by atoms with Crippen LogP contribution in [0.1, 0.15) is 39.6 Å². The van der Waals surface area contributed by atoms with Crippen molar-refractivity contribution in [3.63, 3.8) is 0 Å². The lowest BCUT2D eigenvalue weighted by Crippen LogP contribution is -2.22. The molecule has 5 heteroatoms. The second-order valence-electron chi connectivity index (χ2n) is 5.75. The van der Waals surface area contributed by atoms with Gasteiger partial charge < -0.3 is 0 Å². The van der Waals surface area contributed by atoms with Gasteiger partial charge in [0.25, 0.3) is 0 Å². The molecule has 1 atom stereocenters. The minimum absolute atomic E-state index is 0.0516. The summed E-state index contributed by atoms with van der Waals surface area (Å²) in [6, 6.07) is 8.29. The molecule has 1 aliphatic carbocycles. The van der Waals surface area contributed by atoms with Crippen LogP contribution in [-0.2, 0) is 6.42 Å². The average molecular weight is 295 g/mol. The standard InChI is InChI=1S/C17H14FN3O/c1-10-6-17-19-9-14-15(21(17)20-10)7-12(8-16(14)22)11-2-4-13(18)5-3-11/h2-6,9,12H,7-8H2,1H3. The molecule has 0 spiro atoms. The Balaban J connectivity index is 1.82. The van der Waals surface area contributed by atoms with Crippen molar-refractivity contribution in [3.8, 4) is 0 Å². The molecule has 0 aliphatic heterocycles. The number of hydrogen-bond acceptors (Lipinski definition) is 3. The molecule has 1 aromatic carbocycles. The monoisotopic (exact) mass is 295 g/mol. The Morgan fingerprint density at radius 2 is 2.00 bits per heavy atom. The number of benzene rings is 1. The van der Waals surface area contributed by atoms with Gasteiger partial charge in [-0.3, -0.25) is 4.79 Å². The number of aromatic nitrogens is 3. The Morgan fingerprint density at radius 3 is 2.77 bits per heavy atom. The fourth-order valence-corrected chi connectivity index (χ4v) is 3.13. The third kappa shape index (κ3) is 2.01. The fourth-order valence-electron chi connectivity index (χ4n) is 3.13. The quantitative estimate of drug-likeness (QED) is 0.693. The Kier molecular flexibility index (Phi) is 2.82. The SMILES string of the molecule is Cc1cc2ncc3c(n2n1)CC(c1ccc(F)cc1)CC3=O. The van der Waals surface area contributed by atoms with Gasteiger partial charge >= 0.3 is 0 Å². The van der Waals surface area contributed by atoms with E-state index in [2.05, 4.69) is 10.1 Å². The number of Topliss-reactive ketones (excluding diaryl/α,β-unsaturated/α-hetero) is 1. The van der Waals surface area contributed by atoms with Crippen molar-refractivity contribution < 1.29 is 9.18 Å². The number of carbonyl (C=O) groups is 1. The summed E-state index contributed by atoms with van der Waals surface area (Å²) in [6.45, 7) is 1.91. The van der Waals surface area contributed by atoms with Gasteiger partial charge in [-0.25, -0.2) is 13.9 Å². The van der Waals surface area contributed by atoms with E-state index in [0.29, 0.717) is 18.4 Å². The first-order chi connectivity index (χ1) is 10.6. The number of hydrogen-bond donors (Lipinski definition) is 0. The molecule has 3 aromatic rings. The molecule has 0 amide bonds. The van der Waals surface area contributed by atoms with Gasteiger partial charge in [-0.1, -0.05) is 12.1 Å². The molecule has 0 saturated heterocycles. The fraction of sp³-hybridized carbons (Fsp3) is 0.235. The Labute approximate surface area is 126 Å². The summed E-state index contributed by atoms with van der Waals surface area (Å²) in [5.74, 6) is -0.144. The van der Waals surface area contributed by atoms with Gasteiger partial charge in [-0.15, -0.1) is 0 Å². The van der Waals surface area contributed by atoms with Crippen LogP contribution in [0.15, 0.2) is 36.5 Å². The molecule has 0 N–H and O–H groups in total. The number of ketones is 1. The molecule has 0 saturated carbocycles. The highest BCUT2D eigenvalue weighted by Crippen LogP contribution is 2.32. The van der Waals surface area contributed by atoms with E-state index >= 15 is 0 Å². The van der Waals surface area contributed by atoms with Gasteiger partial charge in [-0.2, -0.15) is 5.10 Å². The zero-order valence-corrected chi connectivity index (χ0v) is 12.1. The number of carbonyl (C=O) groups excluding carboxylic acids is 1. The largest absolute Gasteiger partial charge is 0.294 e. The molecule has 0 radical (unpaired) electrons. The maximum Gasteiger partial charge on any atom is 0.166 e. The Morgan fingerprint density at radius 1 is 1.23 bits per heavy atom. The van der Waals surface area contributed by atoms with E-state index in [9.17, 15) is 9.18 Å². The van der Waals surface area contributed by atoms with Crippen LogP contribution < -0.4 is 0 Å². The number of halogens is 1. The van der Waals surface area contributed by atoms with Crippen LogP contribution in [-0.4, -0.2) is 20.4 Å². The molecular weight excluding hydrogens is 281 g/mol. The smallest absolute Gasteiger partial charge is 0.166 e. The molecule has 0 fully saturated rings. The highest BCUT2D eigenvalue weighted by molar-refractivity contribution is 5.98. The van der Waals surface area contributed by atoms with Crippen LogP contribution in [0.3, 0.4) is 0 Å². The van der Waals surface area contributed by atoms with E-state index in [1.165, 1.54) is 12.1 Å². The average Bonchev–Trinajstić information content (AvgIpc) is 2.88. The summed E-state index contributed by atoms with van der Waals surface area (Å²) < 4.78 is 14.9. The molecule has 0 bridgehead atoms. The third-order valence-corrected chi connectivity index (χ3v) is 4.22. The molecule has 22 heavy (non-hydrogen) atoms. The number of rotatable bonds is 1. The molecule has 1 unspecified atom stereocenters. The lowest BCUT2D eigenvalue weighted by Gasteiger charge is -2.24. The molecule has 4 nitrogen and oxygen atoms in total. The van der Waals surface area contributed by atoms with E-state index in [4.69, 9.17) is 0 Å². The maximum atomic E-state index is 13.1. The number of aryl methyl sites for hydroxylation is 1. The Bertz CT molecular complexity index is 883. The lowest BCUT2D eigenvalue weighted by atomic mass is 9.82. The van der Waals surface area contributed by atoms with Gasteiger partial charge in [0.2, 0.25) is 0 Å². The summed E-state index contributed by atoms with van der Waals surface area (Å²) in [4.78, 5) is 16.7. The highest BCUT2D eigenvalue weighted by Gasteiger charge is 2.29. The minimum atomic E-state index is -0.263. The summed E-state index contributed by atoms with van der Waals surface area (Å²) in [6.07, 6.45) is 2.77. The second kappa shape index (κ2) is 4.73. The van der Waals surface area contributed by atoms with Gasteiger partial charge in [0.1, 0.15) is 5.82 Å². The summed E-state index contributed by atoms with van der Waals surface area (Å²) in [5, 5.41) is 4.45. The van der Waals surface area contributed by atoms with Crippen molar-refractivity contribution in [3.05, 3.63) is 64.9 Å². The van der Waals surface area contributed by atoms with Crippen LogP contribution in [0.4, 0.5) is 4.39 Å². The predicted molar refractivity (Wildman–Crippen MR) is 79.5 cm³/mol. The van der Waals surface area contributed by atoms with E-state index in [1.54, 1.807) is 22.8 Å². The van der Waals surface area contributed by atoms with Crippen LogP contribution in [0.25, 0.3) is 5.65 Å². The van der Waals surface area contributed by atoms with Crippen LogP contribution in [0.2, 0.25) is 0 Å². The van der Waals surface area contributed by atoms with Crippen molar-refractivity contribution in [1.29, 1.82) is 0 Å². The maximum absolute atomic E-state index is 13.1. The molecular formula is C17H14FN3O. The first-order valence-electron chi connectivity index (χ1n) is 7.25. The summed E-state index contributed by atoms with van der Waals surface area (Å²) in [5.41, 5.74) is 4.15. The second-order valence-corrected chi connectivity index (χ2v) is 5.75. The summed E-state index contributed by atoms with van der Waals surface area (Å²) in [7, 11) is 0. The third-order valence-electron chi connectivity index (χ3n) is 4.22. The molecule has 2 heterocycles. The molecule has 4 rings (SSSR count). The first-order valence-corrected chi connectivity index (χ1v) is 7.25. The van der Waals surface area contributed by atoms with Crippen LogP contribution in [0.5, 0.6) is 0 Å². The van der Waals surface area contributed by atoms with Gasteiger partial charge in [0.15, 0.2) is 11.4 Å². The van der Waals surface area contributed by atoms with E-state index in [0.717, 1.165) is 22.6 Å². The lowest BCUT2D eigenvalue weighted by molar-refractivity contribution is 0.0962. The molecule has 1 aliphatic rings. The van der Waals surface area contributed by atoms with Crippen molar-refractivity contribution >= 4 is 11.4 Å². The van der Waals surface area contributed by atoms with Crippen molar-refractivity contribution in [1.82, 2.24) is 14.6 Å². The van der Waals surface area contributed by atoms with Gasteiger partial charge in [0.05, 0.1) is 17.0 Å². The Hall–Kier alpha value is -2.56. The zero-order chi connectivity index (χ0) is 15.3. The van der Waals surface area contributed by atoms with Gasteiger partial charge in [-0.05, 0) is 37.0 Å². The van der Waals surface area contributed by atoms with E-state index in [-0.39, 0.29) is 17.5 Å². The van der Waals surface area contributed by atoms with Gasteiger partial charge in [0, 0.05) is 18.7 Å².